The van der Waals surface area contributed by atoms with E-state index in [9.17, 15) is 4.79 Å². The number of amides is 1. The van der Waals surface area contributed by atoms with Crippen molar-refractivity contribution in [2.45, 2.75) is 65.3 Å². The summed E-state index contributed by atoms with van der Waals surface area (Å²) in [5.74, 6) is 0.872. The molecule has 0 heterocycles. The van der Waals surface area contributed by atoms with Gasteiger partial charge in [-0.25, -0.2) is 0 Å². The fourth-order valence-corrected chi connectivity index (χ4v) is 3.96. The molecule has 6 heteroatoms. The van der Waals surface area contributed by atoms with Gasteiger partial charge in [0, 0.05) is 45.5 Å². The molecule has 1 fully saturated rings. The Hall–Kier alpha value is -2.08. The molecule has 29 heavy (non-hydrogen) atoms. The number of hydrogen-bond acceptors (Lipinski definition) is 3. The maximum absolute atomic E-state index is 11.8. The van der Waals surface area contributed by atoms with E-state index in [1.165, 1.54) is 25.7 Å². The van der Waals surface area contributed by atoms with Crippen LogP contribution in [0.1, 0.15) is 64.4 Å². The first-order valence-electron chi connectivity index (χ1n) is 11.0. The molecule has 1 aromatic rings. The second-order valence-electron chi connectivity index (χ2n) is 7.93. The van der Waals surface area contributed by atoms with Crippen LogP contribution in [0.4, 0.5) is 5.69 Å². The molecule has 162 valence electrons. The summed E-state index contributed by atoms with van der Waals surface area (Å²) in [5, 5.41) is 9.87. The van der Waals surface area contributed by atoms with Crippen molar-refractivity contribution in [1.29, 1.82) is 0 Å². The molecule has 0 atom stereocenters. The van der Waals surface area contributed by atoms with Gasteiger partial charge in [0.25, 0.3) is 0 Å². The fourth-order valence-electron chi connectivity index (χ4n) is 3.96. The number of ether oxygens (including phenoxy) is 1. The number of aliphatic imine (C=N–C) groups is 1. The summed E-state index contributed by atoms with van der Waals surface area (Å²) >= 11 is 0. The zero-order chi connectivity index (χ0) is 21.0. The standard InChI is InChI=1S/C23H38N4O2/c1-4-9-21(28)27-20-11-8-10-19(16-20)17-25-22(24-3)26-18-23(12-6-7-13-23)14-15-29-5-2/h8,10-11,16H,4-7,9,12-15,17-18H2,1-3H3,(H,27,28)(H2,24,25,26). The number of guanidine groups is 1. The van der Waals surface area contributed by atoms with Gasteiger partial charge in [0.15, 0.2) is 5.96 Å². The van der Waals surface area contributed by atoms with Gasteiger partial charge >= 0.3 is 0 Å². The van der Waals surface area contributed by atoms with Gasteiger partial charge in [-0.15, -0.1) is 0 Å². The highest BCUT2D eigenvalue weighted by atomic mass is 16.5. The number of carbonyl (C=O) groups excluding carboxylic acids is 1. The first kappa shape index (κ1) is 23.2. The van der Waals surface area contributed by atoms with Crippen molar-refractivity contribution in [3.05, 3.63) is 29.8 Å². The van der Waals surface area contributed by atoms with Gasteiger partial charge < -0.3 is 20.7 Å². The Kier molecular flexibility index (Phi) is 9.98. The molecule has 1 aliphatic carbocycles. The number of benzene rings is 1. The topological polar surface area (TPSA) is 74.8 Å². The largest absolute Gasteiger partial charge is 0.382 e. The van der Waals surface area contributed by atoms with E-state index in [1.54, 1.807) is 7.05 Å². The normalized spacial score (nSPS) is 15.9. The van der Waals surface area contributed by atoms with Crippen molar-refractivity contribution in [3.63, 3.8) is 0 Å². The van der Waals surface area contributed by atoms with E-state index in [2.05, 4.69) is 33.9 Å². The summed E-state index contributed by atoms with van der Waals surface area (Å²) in [6.45, 7) is 7.25. The van der Waals surface area contributed by atoms with Gasteiger partial charge in [0.2, 0.25) is 5.91 Å². The lowest BCUT2D eigenvalue weighted by Crippen LogP contribution is -2.43. The lowest BCUT2D eigenvalue weighted by atomic mass is 9.83. The van der Waals surface area contributed by atoms with Crippen molar-refractivity contribution >= 4 is 17.6 Å². The second kappa shape index (κ2) is 12.5. The van der Waals surface area contributed by atoms with Crippen LogP contribution in [0, 0.1) is 5.41 Å². The van der Waals surface area contributed by atoms with Crippen molar-refractivity contribution in [2.24, 2.45) is 10.4 Å². The van der Waals surface area contributed by atoms with E-state index < -0.39 is 0 Å². The van der Waals surface area contributed by atoms with Gasteiger partial charge in [0.1, 0.15) is 0 Å². The Labute approximate surface area is 175 Å². The van der Waals surface area contributed by atoms with E-state index in [0.717, 1.165) is 49.8 Å². The quantitative estimate of drug-likeness (QED) is 0.296. The molecule has 0 spiro atoms. The van der Waals surface area contributed by atoms with Crippen LogP contribution in [0.5, 0.6) is 0 Å². The van der Waals surface area contributed by atoms with Crippen LogP contribution < -0.4 is 16.0 Å². The van der Waals surface area contributed by atoms with Crippen LogP contribution in [0.2, 0.25) is 0 Å². The third-order valence-corrected chi connectivity index (χ3v) is 5.65. The highest BCUT2D eigenvalue weighted by Gasteiger charge is 2.33. The number of nitrogens with zero attached hydrogens (tertiary/aromatic N) is 1. The maximum Gasteiger partial charge on any atom is 0.224 e. The summed E-state index contributed by atoms with van der Waals surface area (Å²) in [4.78, 5) is 16.2. The fraction of sp³-hybridized carbons (Fsp3) is 0.652. The number of anilines is 1. The first-order chi connectivity index (χ1) is 14.1. The molecule has 0 aliphatic heterocycles. The van der Waals surface area contributed by atoms with Crippen LogP contribution in [-0.4, -0.2) is 38.7 Å². The molecule has 6 nitrogen and oxygen atoms in total. The van der Waals surface area contributed by atoms with E-state index in [4.69, 9.17) is 4.74 Å². The summed E-state index contributed by atoms with van der Waals surface area (Å²) in [6.07, 6.45) is 7.61. The molecule has 0 aromatic heterocycles. The third-order valence-electron chi connectivity index (χ3n) is 5.65. The Morgan fingerprint density at radius 2 is 2.00 bits per heavy atom. The summed E-state index contributed by atoms with van der Waals surface area (Å²) < 4.78 is 5.61. The van der Waals surface area contributed by atoms with Crippen LogP contribution >= 0.6 is 0 Å². The number of rotatable bonds is 11. The highest BCUT2D eigenvalue weighted by molar-refractivity contribution is 5.90. The molecule has 3 N–H and O–H groups in total. The number of nitrogens with one attached hydrogen (secondary N) is 3. The van der Waals surface area contributed by atoms with Gasteiger partial charge in [-0.1, -0.05) is 31.9 Å². The summed E-state index contributed by atoms with van der Waals surface area (Å²) in [7, 11) is 1.80. The Morgan fingerprint density at radius 1 is 1.21 bits per heavy atom. The van der Waals surface area contributed by atoms with Crippen molar-refractivity contribution in [2.75, 3.05) is 32.1 Å². The van der Waals surface area contributed by atoms with Crippen LogP contribution in [0.3, 0.4) is 0 Å². The Bertz CT molecular complexity index is 654. The van der Waals surface area contributed by atoms with Gasteiger partial charge in [0.05, 0.1) is 0 Å². The van der Waals surface area contributed by atoms with Crippen molar-refractivity contribution in [1.82, 2.24) is 10.6 Å². The first-order valence-corrected chi connectivity index (χ1v) is 11.0. The average Bonchev–Trinajstić information content (AvgIpc) is 3.18. The zero-order valence-electron chi connectivity index (χ0n) is 18.4. The molecule has 1 aliphatic rings. The molecule has 0 radical (unpaired) electrons. The van der Waals surface area contributed by atoms with Crippen LogP contribution in [0.25, 0.3) is 0 Å². The van der Waals surface area contributed by atoms with Crippen LogP contribution in [-0.2, 0) is 16.1 Å². The van der Waals surface area contributed by atoms with E-state index in [-0.39, 0.29) is 5.91 Å². The predicted octanol–water partition coefficient (Wildman–Crippen LogP) is 4.08. The maximum atomic E-state index is 11.8. The average molecular weight is 403 g/mol. The van der Waals surface area contributed by atoms with Crippen LogP contribution in [0.15, 0.2) is 29.3 Å². The van der Waals surface area contributed by atoms with Gasteiger partial charge in [-0.2, -0.15) is 0 Å². The van der Waals surface area contributed by atoms with Crippen molar-refractivity contribution < 1.29 is 9.53 Å². The molecule has 0 saturated heterocycles. The Balaban J connectivity index is 1.84. The molecule has 2 rings (SSSR count). The third kappa shape index (κ3) is 8.05. The van der Waals surface area contributed by atoms with Crippen molar-refractivity contribution in [3.8, 4) is 0 Å². The Morgan fingerprint density at radius 3 is 2.69 bits per heavy atom. The SMILES string of the molecule is CCCC(=O)Nc1cccc(CNC(=NC)NCC2(CCOCC)CCCC2)c1. The molecule has 1 saturated carbocycles. The molecule has 0 bridgehead atoms. The molecule has 1 aromatic carbocycles. The smallest absolute Gasteiger partial charge is 0.224 e. The lowest BCUT2D eigenvalue weighted by Gasteiger charge is -2.30. The lowest BCUT2D eigenvalue weighted by molar-refractivity contribution is -0.116. The monoisotopic (exact) mass is 402 g/mol. The van der Waals surface area contributed by atoms with Gasteiger partial charge in [-0.3, -0.25) is 9.79 Å². The van der Waals surface area contributed by atoms with E-state index in [1.807, 2.05) is 25.1 Å². The minimum absolute atomic E-state index is 0.0593. The molecular formula is C23H38N4O2. The molecular weight excluding hydrogens is 364 g/mol. The van der Waals surface area contributed by atoms with E-state index in [0.29, 0.717) is 18.4 Å². The van der Waals surface area contributed by atoms with E-state index >= 15 is 0 Å². The molecule has 1 amide bonds. The minimum atomic E-state index is 0.0593. The summed E-state index contributed by atoms with van der Waals surface area (Å²) in [5.41, 5.74) is 2.26. The predicted molar refractivity (Wildman–Crippen MR) is 120 cm³/mol. The number of hydrogen-bond donors (Lipinski definition) is 3. The number of carbonyl (C=O) groups is 1. The highest BCUT2D eigenvalue weighted by Crippen LogP contribution is 2.40. The summed E-state index contributed by atoms with van der Waals surface area (Å²) in [6, 6.07) is 7.95. The minimum Gasteiger partial charge on any atom is -0.382 e. The second-order valence-corrected chi connectivity index (χ2v) is 7.93. The zero-order valence-corrected chi connectivity index (χ0v) is 18.4. The molecule has 0 unspecified atom stereocenters. The van der Waals surface area contributed by atoms with Gasteiger partial charge in [-0.05, 0) is 55.7 Å².